The molecule has 184 valence electrons. The molecule has 1 fully saturated rings. The summed E-state index contributed by atoms with van der Waals surface area (Å²) in [5.74, 6) is -0.773. The van der Waals surface area contributed by atoms with Gasteiger partial charge >= 0.3 is 0 Å². The molecule has 1 aliphatic heterocycles. The zero-order chi connectivity index (χ0) is 22.8. The van der Waals surface area contributed by atoms with Gasteiger partial charge in [0.1, 0.15) is 11.9 Å². The van der Waals surface area contributed by atoms with Crippen molar-refractivity contribution < 1.29 is 19.5 Å². The van der Waals surface area contributed by atoms with Gasteiger partial charge in [0.2, 0.25) is 11.8 Å². The van der Waals surface area contributed by atoms with Crippen molar-refractivity contribution in [2.24, 2.45) is 17.3 Å². The van der Waals surface area contributed by atoms with Crippen molar-refractivity contribution in [3.05, 3.63) is 58.9 Å². The summed E-state index contributed by atoms with van der Waals surface area (Å²) in [6.45, 7) is 9.50. The van der Waals surface area contributed by atoms with Crippen LogP contribution in [-0.2, 0) is 9.59 Å². The number of carbonyl (C=O) groups is 2. The van der Waals surface area contributed by atoms with Crippen molar-refractivity contribution in [3.63, 3.8) is 0 Å². The zero-order valence-corrected chi connectivity index (χ0v) is 20.0. The molecule has 1 aromatic rings. The van der Waals surface area contributed by atoms with Crippen LogP contribution in [-0.4, -0.2) is 41.3 Å². The zero-order valence-electron chi connectivity index (χ0n) is 19.2. The number of nitrogens with zero attached hydrogens (tertiary/aromatic N) is 1. The summed E-state index contributed by atoms with van der Waals surface area (Å²) in [4.78, 5) is 28.0. The van der Waals surface area contributed by atoms with E-state index < -0.39 is 12.0 Å². The topological polar surface area (TPSA) is 80.9 Å². The third-order valence-corrected chi connectivity index (χ3v) is 6.69. The molecule has 2 aliphatic rings. The fourth-order valence-electron chi connectivity index (χ4n) is 4.62. The maximum absolute atomic E-state index is 13.4. The van der Waals surface area contributed by atoms with Gasteiger partial charge in [0.25, 0.3) is 0 Å². The maximum atomic E-state index is 13.4. The van der Waals surface area contributed by atoms with Gasteiger partial charge in [0.15, 0.2) is 0 Å². The van der Waals surface area contributed by atoms with Crippen LogP contribution in [0.3, 0.4) is 0 Å². The lowest BCUT2D eigenvalue weighted by Crippen LogP contribution is -2.56. The predicted octanol–water partition coefficient (Wildman–Crippen LogP) is 5.06. The smallest absolute Gasteiger partial charge is 0.245 e. The number of nitrogens with one attached hydrogen (secondary N) is 1. The number of carbonyl (C=O) groups excluding carboxylic acids is 2. The van der Waals surface area contributed by atoms with Gasteiger partial charge in [0.05, 0.1) is 5.92 Å². The first-order chi connectivity index (χ1) is 14.6. The lowest BCUT2D eigenvalue weighted by molar-refractivity contribution is -0.141. The molecule has 0 aromatic heterocycles. The second-order valence-electron chi connectivity index (χ2n) is 9.66. The first kappa shape index (κ1) is 28.9. The minimum atomic E-state index is -0.598. The molecule has 3 atom stereocenters. The lowest BCUT2D eigenvalue weighted by Gasteiger charge is -2.46. The second kappa shape index (κ2) is 11.8. The number of likely N-dealkylation sites (tertiary alicyclic amines) is 1. The molecule has 7 heteroatoms. The van der Waals surface area contributed by atoms with Crippen molar-refractivity contribution >= 4 is 23.4 Å². The largest absolute Gasteiger partial charge is 0.412 e. The third-order valence-electron chi connectivity index (χ3n) is 6.44. The molecule has 0 spiro atoms. The first-order valence-electron chi connectivity index (χ1n) is 11.0. The van der Waals surface area contributed by atoms with Gasteiger partial charge in [-0.2, -0.15) is 0 Å². The molecule has 3 N–H and O–H groups in total. The molecule has 1 heterocycles. The van der Waals surface area contributed by atoms with Crippen LogP contribution in [0.15, 0.2) is 48.3 Å². The molecule has 33 heavy (non-hydrogen) atoms. The van der Waals surface area contributed by atoms with Gasteiger partial charge in [-0.3, -0.25) is 9.59 Å². The monoisotopic (exact) mass is 480 g/mol. The minimum Gasteiger partial charge on any atom is -0.412 e. The van der Waals surface area contributed by atoms with Crippen LogP contribution >= 0.6 is 11.6 Å². The van der Waals surface area contributed by atoms with Crippen molar-refractivity contribution in [2.45, 2.75) is 59.9 Å². The quantitative estimate of drug-likeness (QED) is 0.638. The molecule has 1 saturated heterocycles. The van der Waals surface area contributed by atoms with Crippen LogP contribution in [0.4, 0.5) is 4.39 Å². The number of piperidine rings is 1. The van der Waals surface area contributed by atoms with E-state index in [1.54, 1.807) is 6.08 Å². The number of hydrogen-bond donors (Lipinski definition) is 1. The number of hydrogen-bond acceptors (Lipinski definition) is 2. The molecule has 1 unspecified atom stereocenters. The van der Waals surface area contributed by atoms with Gasteiger partial charge in [-0.15, -0.1) is 0 Å². The van der Waals surface area contributed by atoms with Crippen molar-refractivity contribution in [3.8, 4) is 0 Å². The van der Waals surface area contributed by atoms with E-state index in [9.17, 15) is 14.0 Å². The Kier molecular flexibility index (Phi) is 10.3. The maximum Gasteiger partial charge on any atom is 0.245 e. The highest BCUT2D eigenvalue weighted by Gasteiger charge is 2.40. The molecule has 5 nitrogen and oxygen atoms in total. The van der Waals surface area contributed by atoms with Gasteiger partial charge in [-0.05, 0) is 59.9 Å². The van der Waals surface area contributed by atoms with Crippen LogP contribution in [0.2, 0.25) is 5.02 Å². The van der Waals surface area contributed by atoms with E-state index in [0.717, 1.165) is 11.4 Å². The van der Waals surface area contributed by atoms with E-state index in [0.29, 0.717) is 25.4 Å². The normalized spacial score (nSPS) is 22.5. The van der Waals surface area contributed by atoms with E-state index in [1.165, 1.54) is 17.7 Å². The fourth-order valence-corrected chi connectivity index (χ4v) is 4.74. The van der Waals surface area contributed by atoms with Gasteiger partial charge < -0.3 is 15.7 Å². The molecule has 2 amide bonds. The average molecular weight is 481 g/mol. The van der Waals surface area contributed by atoms with Crippen LogP contribution in [0.1, 0.15) is 59.4 Å². The second-order valence-corrected chi connectivity index (χ2v) is 10.1. The highest BCUT2D eigenvalue weighted by Crippen LogP contribution is 2.42. The summed E-state index contributed by atoms with van der Waals surface area (Å²) >= 11 is 6.04. The summed E-state index contributed by atoms with van der Waals surface area (Å²) in [6.07, 6.45) is 5.44. The third kappa shape index (κ3) is 6.90. The van der Waals surface area contributed by atoms with Gasteiger partial charge in [0, 0.05) is 18.1 Å². The summed E-state index contributed by atoms with van der Waals surface area (Å²) < 4.78 is 13.2. The number of allylic oxidation sites excluding steroid dienone is 3. The molecule has 1 aliphatic carbocycles. The SMILES string of the molecule is C.CC(C)[C@@H](NC(=O)C1C=CC(F)=CC1)C(=O)N1CC[C@H](c2ccc(Cl)cc2)C(C)(C)C1.O. The number of amides is 2. The van der Waals surface area contributed by atoms with Crippen LogP contribution in [0.5, 0.6) is 0 Å². The predicted molar refractivity (Wildman–Crippen MR) is 133 cm³/mol. The molecule has 0 radical (unpaired) electrons. The van der Waals surface area contributed by atoms with Gasteiger partial charge in [-0.1, -0.05) is 64.9 Å². The summed E-state index contributed by atoms with van der Waals surface area (Å²) in [5.41, 5.74) is 1.13. The van der Waals surface area contributed by atoms with Crippen molar-refractivity contribution in [2.75, 3.05) is 13.1 Å². The number of benzene rings is 1. The van der Waals surface area contributed by atoms with E-state index in [-0.39, 0.29) is 41.9 Å². The Morgan fingerprint density at radius 1 is 1.21 bits per heavy atom. The minimum absolute atomic E-state index is 0. The Morgan fingerprint density at radius 3 is 2.36 bits per heavy atom. The Labute approximate surface area is 202 Å². The number of rotatable bonds is 5. The molecule has 0 bridgehead atoms. The standard InChI is InChI=1S/C25H32ClFN2O2.CH4.H2O/c1-16(2)22(28-23(30)18-7-11-20(27)12-8-18)24(31)29-14-13-21(25(3,4)15-29)17-5-9-19(26)10-6-17;;/h5-7,9-12,16,18,21-22H,8,13-15H2,1-4H3,(H,28,30);1H4;1H2/t18?,21-,22-;;/m1../s1. The van der Waals surface area contributed by atoms with E-state index >= 15 is 0 Å². The first-order valence-corrected chi connectivity index (χ1v) is 11.3. The van der Waals surface area contributed by atoms with E-state index in [4.69, 9.17) is 11.6 Å². The summed E-state index contributed by atoms with van der Waals surface area (Å²) in [7, 11) is 0. The van der Waals surface area contributed by atoms with E-state index in [2.05, 4.69) is 31.3 Å². The highest BCUT2D eigenvalue weighted by molar-refractivity contribution is 6.30. The summed E-state index contributed by atoms with van der Waals surface area (Å²) in [5, 5.41) is 3.65. The Hall–Kier alpha value is -2.18. The Balaban J connectivity index is 0.00000272. The number of halogens is 2. The average Bonchev–Trinajstić information content (AvgIpc) is 2.72. The van der Waals surface area contributed by atoms with Crippen LogP contribution in [0, 0.1) is 17.3 Å². The van der Waals surface area contributed by atoms with Gasteiger partial charge in [-0.25, -0.2) is 4.39 Å². The fraction of sp³-hybridized carbons (Fsp3) is 0.538. The van der Waals surface area contributed by atoms with Crippen molar-refractivity contribution in [1.82, 2.24) is 10.2 Å². The Bertz CT molecular complexity index is 880. The molecular weight excluding hydrogens is 443 g/mol. The summed E-state index contributed by atoms with van der Waals surface area (Å²) in [6, 6.07) is 7.36. The molecule has 1 aromatic carbocycles. The molecule has 3 rings (SSSR count). The van der Waals surface area contributed by atoms with E-state index in [1.807, 2.05) is 30.9 Å². The molecule has 0 saturated carbocycles. The van der Waals surface area contributed by atoms with Crippen LogP contribution in [0.25, 0.3) is 0 Å². The highest BCUT2D eigenvalue weighted by atomic mass is 35.5. The molecular formula is C26H38ClFN2O3. The Morgan fingerprint density at radius 2 is 1.85 bits per heavy atom. The van der Waals surface area contributed by atoms with Crippen molar-refractivity contribution in [1.29, 1.82) is 0 Å². The lowest BCUT2D eigenvalue weighted by atomic mass is 9.70. The van der Waals surface area contributed by atoms with Crippen LogP contribution < -0.4 is 5.32 Å².